The molecule has 8 heteroatoms. The molecule has 0 atom stereocenters. The van der Waals surface area contributed by atoms with E-state index in [4.69, 9.17) is 13.1 Å². The van der Waals surface area contributed by atoms with Crippen LogP contribution in [0, 0.1) is 58.5 Å². The van der Waals surface area contributed by atoms with E-state index in [1.54, 1.807) is 36.4 Å². The van der Waals surface area contributed by atoms with Gasteiger partial charge in [0.1, 0.15) is 42.5 Å². The summed E-state index contributed by atoms with van der Waals surface area (Å²) in [4.78, 5) is 6.41. The van der Waals surface area contributed by atoms with Crippen molar-refractivity contribution in [3.8, 4) is 46.5 Å². The molecule has 184 valence electrons. The van der Waals surface area contributed by atoms with Crippen LogP contribution in [0.3, 0.4) is 0 Å². The lowest BCUT2D eigenvalue weighted by Crippen LogP contribution is -2.24. The van der Waals surface area contributed by atoms with Crippen molar-refractivity contribution in [2.75, 3.05) is 0 Å². The van der Waals surface area contributed by atoms with Crippen molar-refractivity contribution >= 4 is 11.7 Å². The molecular formula is C32H12F2N6. The molecule has 2 aliphatic carbocycles. The topological polar surface area (TPSA) is 104 Å². The molecule has 0 aliphatic heterocycles. The summed E-state index contributed by atoms with van der Waals surface area (Å²) in [6.07, 6.45) is -0.336. The molecule has 0 amide bonds. The van der Waals surface area contributed by atoms with Crippen molar-refractivity contribution in [1.29, 1.82) is 21.0 Å². The lowest BCUT2D eigenvalue weighted by molar-refractivity contribution is 0.751. The fraction of sp³-hybridized carbons (Fsp3) is 0.0625. The molecule has 0 fully saturated rings. The van der Waals surface area contributed by atoms with Crippen LogP contribution in [-0.4, -0.2) is 0 Å². The lowest BCUT2D eigenvalue weighted by atomic mass is 9.87. The maximum Gasteiger partial charge on any atom is 0.525 e. The summed E-state index contributed by atoms with van der Waals surface area (Å²) in [6.45, 7) is 14.8. The van der Waals surface area contributed by atoms with Crippen LogP contribution in [0.2, 0.25) is 0 Å². The fourth-order valence-corrected chi connectivity index (χ4v) is 5.26. The minimum atomic E-state index is -0.793. The second-order valence-corrected chi connectivity index (χ2v) is 8.92. The number of nitrogens with zero attached hydrogens (tertiary/aromatic N) is 6. The number of halogens is 2. The van der Waals surface area contributed by atoms with Gasteiger partial charge in [0.15, 0.2) is 0 Å². The Kier molecular flexibility index (Phi) is 6.24. The first-order valence-corrected chi connectivity index (χ1v) is 11.7. The van der Waals surface area contributed by atoms with Crippen LogP contribution in [0.5, 0.6) is 0 Å². The van der Waals surface area contributed by atoms with Gasteiger partial charge in [-0.05, 0) is 57.6 Å². The van der Waals surface area contributed by atoms with Crippen molar-refractivity contribution in [3.63, 3.8) is 0 Å². The Morgan fingerprint density at radius 3 is 1.43 bits per heavy atom. The van der Waals surface area contributed by atoms with Gasteiger partial charge in [-0.1, -0.05) is 24.3 Å². The van der Waals surface area contributed by atoms with Crippen molar-refractivity contribution in [2.45, 2.75) is 12.8 Å². The van der Waals surface area contributed by atoms with E-state index in [0.29, 0.717) is 44.5 Å². The fourth-order valence-electron chi connectivity index (χ4n) is 5.26. The van der Waals surface area contributed by atoms with Crippen molar-refractivity contribution in [2.24, 2.45) is 0 Å². The molecule has 0 N–H and O–H groups in total. The highest BCUT2D eigenvalue weighted by Gasteiger charge is 2.36. The zero-order valence-electron chi connectivity index (χ0n) is 20.5. The van der Waals surface area contributed by atoms with E-state index in [0.717, 1.165) is 0 Å². The monoisotopic (exact) mass is 518 g/mol. The van der Waals surface area contributed by atoms with Crippen LogP contribution in [0.25, 0.3) is 43.6 Å². The first-order valence-electron chi connectivity index (χ1n) is 11.7. The summed E-state index contributed by atoms with van der Waals surface area (Å²) in [5.74, 6) is -2.02. The first kappa shape index (κ1) is 25.3. The minimum absolute atomic E-state index is 0.0852. The summed E-state index contributed by atoms with van der Waals surface area (Å²) in [5.41, 5.74) is 2.28. The summed E-state index contributed by atoms with van der Waals surface area (Å²) < 4.78 is 32.6. The Balaban J connectivity index is 2.05. The highest BCUT2D eigenvalue weighted by atomic mass is 19.1. The SMILES string of the molecule is [C-]#[N+]C([N+]#[C-])=C1Cc2c(-c3ccc(C#N)cc3)c3c(c(-c4ccc(C#N)cc4)c2=C1F)CC(=C(C#N)C#N)C=3F. The van der Waals surface area contributed by atoms with Crippen molar-refractivity contribution in [1.82, 2.24) is 0 Å². The van der Waals surface area contributed by atoms with Crippen LogP contribution in [0.4, 0.5) is 8.78 Å². The van der Waals surface area contributed by atoms with Gasteiger partial charge in [-0.3, -0.25) is 0 Å². The average molecular weight is 518 g/mol. The number of allylic oxidation sites excluding steroid dienone is 3. The Morgan fingerprint density at radius 2 is 1.05 bits per heavy atom. The van der Waals surface area contributed by atoms with Gasteiger partial charge in [0.2, 0.25) is 0 Å². The van der Waals surface area contributed by atoms with E-state index < -0.39 is 23.0 Å². The van der Waals surface area contributed by atoms with Gasteiger partial charge in [-0.15, -0.1) is 0 Å². The number of benzene rings is 3. The molecule has 2 aliphatic rings. The molecule has 0 saturated heterocycles. The Morgan fingerprint density at radius 1 is 0.650 bits per heavy atom. The van der Waals surface area contributed by atoms with Gasteiger partial charge < -0.3 is 0 Å². The Labute approximate surface area is 227 Å². The second-order valence-electron chi connectivity index (χ2n) is 8.92. The maximum absolute atomic E-state index is 16.3. The standard InChI is InChI=1S/C32H12F2N6/c1-39-32(40-2)25-12-24-27(20-9-5-18(14-36)6-10-20)28-23(11-22(30(28)33)21(15-37)16-38)26(29(24)31(25)34)19-7-3-17(13-35)4-8-19/h3-10H,11-12H2. The third-order valence-corrected chi connectivity index (χ3v) is 7.00. The molecule has 0 heterocycles. The van der Waals surface area contributed by atoms with Gasteiger partial charge in [0.05, 0.1) is 28.8 Å². The van der Waals surface area contributed by atoms with E-state index in [2.05, 4.69) is 9.69 Å². The largest absolute Gasteiger partial charge is 0.525 e. The quantitative estimate of drug-likeness (QED) is 0.334. The second kappa shape index (κ2) is 9.86. The van der Waals surface area contributed by atoms with Gasteiger partial charge in [-0.25, -0.2) is 8.78 Å². The molecule has 0 spiro atoms. The predicted octanol–water partition coefficient (Wildman–Crippen LogP) is 5.43. The van der Waals surface area contributed by atoms with Gasteiger partial charge in [-0.2, -0.15) is 30.7 Å². The first-order chi connectivity index (χ1) is 19.4. The third-order valence-electron chi connectivity index (χ3n) is 7.00. The molecule has 0 saturated carbocycles. The van der Waals surface area contributed by atoms with E-state index in [9.17, 15) is 21.0 Å². The van der Waals surface area contributed by atoms with Crippen LogP contribution >= 0.6 is 0 Å². The van der Waals surface area contributed by atoms with E-state index in [1.165, 1.54) is 24.3 Å². The van der Waals surface area contributed by atoms with Crippen molar-refractivity contribution in [3.05, 3.63) is 127 Å². The molecule has 5 rings (SSSR count). The Bertz CT molecular complexity index is 1920. The number of fused-ring (bicyclic) bond motifs is 2. The smallest absolute Gasteiger partial charge is 0.207 e. The average Bonchev–Trinajstić information content (AvgIpc) is 3.50. The van der Waals surface area contributed by atoms with Crippen LogP contribution in [-0.2, 0) is 12.8 Å². The van der Waals surface area contributed by atoms with Gasteiger partial charge in [0.25, 0.3) is 0 Å². The van der Waals surface area contributed by atoms with E-state index in [-0.39, 0.29) is 34.4 Å². The predicted molar refractivity (Wildman–Crippen MR) is 141 cm³/mol. The van der Waals surface area contributed by atoms with Crippen LogP contribution in [0.1, 0.15) is 22.3 Å². The van der Waals surface area contributed by atoms with E-state index >= 15 is 8.78 Å². The molecule has 3 aromatic carbocycles. The minimum Gasteiger partial charge on any atom is -0.207 e. The normalized spacial score (nSPS) is 12.7. The molecule has 0 bridgehead atoms. The van der Waals surface area contributed by atoms with Gasteiger partial charge >= 0.3 is 5.82 Å². The number of nitriles is 4. The Hall–Kier alpha value is -6.32. The molecule has 0 aromatic heterocycles. The molecule has 0 unspecified atom stereocenters. The molecule has 40 heavy (non-hydrogen) atoms. The van der Waals surface area contributed by atoms with Gasteiger partial charge in [0, 0.05) is 28.9 Å². The van der Waals surface area contributed by atoms with E-state index in [1.807, 2.05) is 12.1 Å². The highest BCUT2D eigenvalue weighted by Crippen LogP contribution is 2.40. The molecule has 3 aromatic rings. The number of rotatable bonds is 2. The van der Waals surface area contributed by atoms with Crippen LogP contribution < -0.4 is 10.4 Å². The molecule has 6 nitrogen and oxygen atoms in total. The zero-order valence-corrected chi connectivity index (χ0v) is 20.5. The summed E-state index contributed by atoms with van der Waals surface area (Å²) in [7, 11) is 0. The summed E-state index contributed by atoms with van der Waals surface area (Å²) in [6, 6.07) is 20.1. The van der Waals surface area contributed by atoms with Crippen molar-refractivity contribution < 1.29 is 8.78 Å². The molecular weight excluding hydrogens is 506 g/mol. The maximum atomic E-state index is 16.3. The third kappa shape index (κ3) is 3.71. The zero-order chi connectivity index (χ0) is 28.6. The number of hydrogen-bond acceptors (Lipinski definition) is 4. The summed E-state index contributed by atoms with van der Waals surface area (Å²) in [5, 5.41) is 37.8. The lowest BCUT2D eigenvalue weighted by Gasteiger charge is -2.16. The molecule has 0 radical (unpaired) electrons. The summed E-state index contributed by atoms with van der Waals surface area (Å²) >= 11 is 0. The highest BCUT2D eigenvalue weighted by molar-refractivity contribution is 5.90. The number of hydrogen-bond donors (Lipinski definition) is 0. The van der Waals surface area contributed by atoms with Crippen LogP contribution in [0.15, 0.2) is 71.1 Å².